The third-order valence-corrected chi connectivity index (χ3v) is 7.29. The fourth-order valence-corrected chi connectivity index (χ4v) is 5.23. The quantitative estimate of drug-likeness (QED) is 0.473. The topological polar surface area (TPSA) is 75.7 Å². The number of ether oxygens (including phenoxy) is 1. The molecule has 3 heterocycles. The number of hydrogen-bond acceptors (Lipinski definition) is 5. The molecule has 2 aromatic heterocycles. The van der Waals surface area contributed by atoms with Crippen LogP contribution in [0.4, 0.5) is 0 Å². The van der Waals surface area contributed by atoms with Crippen LogP contribution in [0.15, 0.2) is 48.8 Å². The standard InChI is InChI=1S/C26H32N4O3/c1-18-25(20-14-19(33-3)8-9-22(20)28(18)2)24(31)15-29-12-10-26(32,11-13-29)16-30-17-27-21-6-4-5-7-23(21)30/h4-9,14,17,24,31-32H,10-13,15-16H2,1-3H3. The van der Waals surface area contributed by atoms with Crippen molar-refractivity contribution in [3.8, 4) is 5.75 Å². The number of para-hydroxylation sites is 2. The molecule has 2 aromatic carbocycles. The van der Waals surface area contributed by atoms with E-state index in [0.717, 1.165) is 52.0 Å². The van der Waals surface area contributed by atoms with Crippen LogP contribution in [0.5, 0.6) is 5.75 Å². The number of nitrogens with zero attached hydrogens (tertiary/aromatic N) is 4. The molecule has 33 heavy (non-hydrogen) atoms. The lowest BCUT2D eigenvalue weighted by Gasteiger charge is -2.39. The van der Waals surface area contributed by atoms with Crippen LogP contribution in [-0.2, 0) is 13.6 Å². The van der Waals surface area contributed by atoms with Gasteiger partial charge in [-0.05, 0) is 50.1 Å². The van der Waals surface area contributed by atoms with Crippen LogP contribution in [-0.4, -0.2) is 61.6 Å². The fourth-order valence-electron chi connectivity index (χ4n) is 5.23. The highest BCUT2D eigenvalue weighted by molar-refractivity contribution is 5.87. The van der Waals surface area contributed by atoms with Crippen LogP contribution < -0.4 is 4.74 Å². The maximum Gasteiger partial charge on any atom is 0.119 e. The second-order valence-electron chi connectivity index (χ2n) is 9.34. The minimum atomic E-state index is -0.770. The van der Waals surface area contributed by atoms with Crippen molar-refractivity contribution in [1.29, 1.82) is 0 Å². The lowest BCUT2D eigenvalue weighted by Crippen LogP contribution is -2.47. The minimum Gasteiger partial charge on any atom is -0.497 e. The summed E-state index contributed by atoms with van der Waals surface area (Å²) in [4.78, 5) is 6.70. The van der Waals surface area contributed by atoms with Gasteiger partial charge in [0, 0.05) is 48.8 Å². The van der Waals surface area contributed by atoms with Gasteiger partial charge in [0.25, 0.3) is 0 Å². The number of imidazole rings is 1. The van der Waals surface area contributed by atoms with E-state index in [0.29, 0.717) is 25.9 Å². The number of aryl methyl sites for hydroxylation is 1. The molecular weight excluding hydrogens is 416 g/mol. The van der Waals surface area contributed by atoms with E-state index in [9.17, 15) is 10.2 Å². The summed E-state index contributed by atoms with van der Waals surface area (Å²) in [6.07, 6.45) is 2.53. The van der Waals surface area contributed by atoms with Crippen molar-refractivity contribution < 1.29 is 14.9 Å². The van der Waals surface area contributed by atoms with Gasteiger partial charge < -0.3 is 29.0 Å². The van der Waals surface area contributed by atoms with Crippen LogP contribution in [0.25, 0.3) is 21.9 Å². The van der Waals surface area contributed by atoms with Gasteiger partial charge in [0.1, 0.15) is 5.75 Å². The SMILES string of the molecule is COc1ccc2c(c1)c(C(O)CN1CCC(O)(Cn3cnc4ccccc43)CC1)c(C)n2C. The average Bonchev–Trinajstić information content (AvgIpc) is 3.33. The second-order valence-corrected chi connectivity index (χ2v) is 9.34. The van der Waals surface area contributed by atoms with E-state index in [2.05, 4.69) is 21.4 Å². The predicted octanol–water partition coefficient (Wildman–Crippen LogP) is 3.41. The summed E-state index contributed by atoms with van der Waals surface area (Å²) >= 11 is 0. The third-order valence-electron chi connectivity index (χ3n) is 7.29. The van der Waals surface area contributed by atoms with Crippen molar-refractivity contribution >= 4 is 21.9 Å². The number of aliphatic hydroxyl groups excluding tert-OH is 1. The summed E-state index contributed by atoms with van der Waals surface area (Å²) in [5.74, 6) is 0.789. The maximum atomic E-state index is 11.3. The highest BCUT2D eigenvalue weighted by Gasteiger charge is 2.34. The van der Waals surface area contributed by atoms with Crippen molar-refractivity contribution in [2.45, 2.75) is 38.0 Å². The Hall–Kier alpha value is -2.87. The molecule has 1 aliphatic rings. The van der Waals surface area contributed by atoms with Crippen LogP contribution in [0.2, 0.25) is 0 Å². The van der Waals surface area contributed by atoms with Gasteiger partial charge in [-0.2, -0.15) is 0 Å². The number of aromatic nitrogens is 3. The van der Waals surface area contributed by atoms with E-state index in [-0.39, 0.29) is 0 Å². The number of fused-ring (bicyclic) bond motifs is 2. The molecule has 2 N–H and O–H groups in total. The zero-order valence-electron chi connectivity index (χ0n) is 19.5. The summed E-state index contributed by atoms with van der Waals surface area (Å²) in [6, 6.07) is 14.0. The molecule has 0 spiro atoms. The first-order chi connectivity index (χ1) is 15.9. The maximum absolute atomic E-state index is 11.3. The van der Waals surface area contributed by atoms with Gasteiger partial charge in [-0.3, -0.25) is 0 Å². The summed E-state index contributed by atoms with van der Waals surface area (Å²) in [6.45, 7) is 4.61. The van der Waals surface area contributed by atoms with Crippen molar-refractivity contribution in [2.24, 2.45) is 7.05 Å². The highest BCUT2D eigenvalue weighted by atomic mass is 16.5. The van der Waals surface area contributed by atoms with Crippen LogP contribution in [0, 0.1) is 6.92 Å². The van der Waals surface area contributed by atoms with Gasteiger partial charge in [0.15, 0.2) is 0 Å². The molecule has 0 bridgehead atoms. The highest BCUT2D eigenvalue weighted by Crippen LogP contribution is 2.34. The first-order valence-electron chi connectivity index (χ1n) is 11.5. The van der Waals surface area contributed by atoms with E-state index in [1.165, 1.54) is 0 Å². The van der Waals surface area contributed by atoms with E-state index in [4.69, 9.17) is 4.74 Å². The van der Waals surface area contributed by atoms with Gasteiger partial charge in [-0.1, -0.05) is 12.1 Å². The predicted molar refractivity (Wildman–Crippen MR) is 130 cm³/mol. The van der Waals surface area contributed by atoms with E-state index in [1.807, 2.05) is 60.4 Å². The largest absolute Gasteiger partial charge is 0.497 e. The molecule has 0 radical (unpaired) electrons. The number of β-amino-alcohol motifs (C(OH)–C–C–N with tert-alkyl or cyclic N) is 1. The second kappa shape index (κ2) is 8.48. The molecular formula is C26H32N4O3. The summed E-state index contributed by atoms with van der Waals surface area (Å²) in [5.41, 5.74) is 4.33. The molecule has 0 amide bonds. The lowest BCUT2D eigenvalue weighted by atomic mass is 9.90. The molecule has 7 nitrogen and oxygen atoms in total. The van der Waals surface area contributed by atoms with Gasteiger partial charge in [0.2, 0.25) is 0 Å². The molecule has 0 saturated carbocycles. The Balaban J connectivity index is 1.28. The van der Waals surface area contributed by atoms with Gasteiger partial charge in [-0.15, -0.1) is 0 Å². The summed E-state index contributed by atoms with van der Waals surface area (Å²) in [7, 11) is 3.69. The Kier molecular flexibility index (Phi) is 5.64. The Labute approximate surface area is 193 Å². The minimum absolute atomic E-state index is 0.534. The Morgan fingerprint density at radius 2 is 1.88 bits per heavy atom. The van der Waals surface area contributed by atoms with E-state index >= 15 is 0 Å². The monoisotopic (exact) mass is 448 g/mol. The van der Waals surface area contributed by atoms with Crippen LogP contribution in [0.3, 0.4) is 0 Å². The fraction of sp³-hybridized carbons (Fsp3) is 0.423. The Bertz CT molecular complexity index is 1280. The van der Waals surface area contributed by atoms with E-state index in [1.54, 1.807) is 7.11 Å². The first kappa shape index (κ1) is 21.9. The zero-order valence-corrected chi connectivity index (χ0v) is 19.5. The van der Waals surface area contributed by atoms with Gasteiger partial charge in [0.05, 0.1) is 42.7 Å². The number of methoxy groups -OCH3 is 1. The normalized spacial score (nSPS) is 17.6. The Morgan fingerprint density at radius 1 is 1.12 bits per heavy atom. The average molecular weight is 449 g/mol. The van der Waals surface area contributed by atoms with Crippen molar-refractivity contribution in [3.63, 3.8) is 0 Å². The Morgan fingerprint density at radius 3 is 2.64 bits per heavy atom. The number of aliphatic hydroxyl groups is 2. The van der Waals surface area contributed by atoms with Crippen LogP contribution in [0.1, 0.15) is 30.2 Å². The third kappa shape index (κ3) is 4.01. The summed E-state index contributed by atoms with van der Waals surface area (Å²) in [5, 5.41) is 23.5. The molecule has 174 valence electrons. The molecule has 4 aromatic rings. The molecule has 1 atom stereocenters. The van der Waals surface area contributed by atoms with Gasteiger partial charge >= 0.3 is 0 Å². The molecule has 1 saturated heterocycles. The van der Waals surface area contributed by atoms with Crippen molar-refractivity contribution in [3.05, 3.63) is 60.0 Å². The number of hydrogen-bond donors (Lipinski definition) is 2. The first-order valence-corrected chi connectivity index (χ1v) is 11.5. The van der Waals surface area contributed by atoms with Crippen molar-refractivity contribution in [2.75, 3.05) is 26.7 Å². The lowest BCUT2D eigenvalue weighted by molar-refractivity contribution is -0.0408. The van der Waals surface area contributed by atoms with Gasteiger partial charge in [-0.25, -0.2) is 4.98 Å². The molecule has 1 aliphatic heterocycles. The molecule has 5 rings (SSSR count). The molecule has 1 fully saturated rings. The molecule has 7 heteroatoms. The number of rotatable bonds is 6. The smallest absolute Gasteiger partial charge is 0.119 e. The summed E-state index contributed by atoms with van der Waals surface area (Å²) < 4.78 is 9.58. The van der Waals surface area contributed by atoms with Crippen LogP contribution >= 0.6 is 0 Å². The molecule has 1 unspecified atom stereocenters. The zero-order chi connectivity index (χ0) is 23.2. The number of piperidine rings is 1. The number of likely N-dealkylation sites (tertiary alicyclic amines) is 1. The number of benzene rings is 2. The van der Waals surface area contributed by atoms with E-state index < -0.39 is 11.7 Å². The molecule has 0 aliphatic carbocycles. The van der Waals surface area contributed by atoms with Crippen molar-refractivity contribution in [1.82, 2.24) is 19.0 Å².